The van der Waals surface area contributed by atoms with Gasteiger partial charge in [0.2, 0.25) is 5.88 Å². The van der Waals surface area contributed by atoms with Crippen LogP contribution in [0.1, 0.15) is 31.1 Å². The molecule has 2 rings (SSSR count). The zero-order valence-electron chi connectivity index (χ0n) is 12.8. The Labute approximate surface area is 125 Å². The second-order valence-electron chi connectivity index (χ2n) is 4.96. The number of hydrogen-bond donors (Lipinski definition) is 1. The molecule has 0 aliphatic rings. The predicted molar refractivity (Wildman–Crippen MR) is 81.7 cm³/mol. The highest BCUT2D eigenvalue weighted by Gasteiger charge is 2.14. The minimum Gasteiger partial charge on any atom is -0.491 e. The van der Waals surface area contributed by atoms with Crippen molar-refractivity contribution in [1.29, 1.82) is 0 Å². The van der Waals surface area contributed by atoms with Gasteiger partial charge in [0, 0.05) is 6.07 Å². The Hall–Kier alpha value is -2.14. The van der Waals surface area contributed by atoms with Crippen LogP contribution in [0.3, 0.4) is 0 Å². The highest BCUT2D eigenvalue weighted by atomic mass is 16.5. The van der Waals surface area contributed by atoms with Crippen molar-refractivity contribution < 1.29 is 9.47 Å². The average molecular weight is 287 g/mol. The third-order valence-electron chi connectivity index (χ3n) is 3.04. The fourth-order valence-corrected chi connectivity index (χ4v) is 2.09. The van der Waals surface area contributed by atoms with Crippen molar-refractivity contribution in [2.24, 2.45) is 0 Å². The Bertz CT molecular complexity index is 553. The second kappa shape index (κ2) is 7.04. The molecule has 0 spiro atoms. The van der Waals surface area contributed by atoms with Gasteiger partial charge in [-0.05, 0) is 44.7 Å². The Morgan fingerprint density at radius 2 is 1.71 bits per heavy atom. The molecule has 1 aromatic carbocycles. The summed E-state index contributed by atoms with van der Waals surface area (Å²) in [6.45, 7) is 4.02. The molecule has 0 saturated carbocycles. The summed E-state index contributed by atoms with van der Waals surface area (Å²) in [5, 5.41) is 11.5. The number of hydrogen-bond acceptors (Lipinski definition) is 5. The molecule has 0 aliphatic carbocycles. The molecule has 1 unspecified atom stereocenters. The summed E-state index contributed by atoms with van der Waals surface area (Å²) in [5.74, 6) is 1.37. The van der Waals surface area contributed by atoms with Crippen molar-refractivity contribution in [3.05, 3.63) is 47.7 Å². The predicted octanol–water partition coefficient (Wildman–Crippen LogP) is 2.58. The molecule has 0 fully saturated rings. The number of aromatic nitrogens is 2. The molecular formula is C16H21N3O2. The molecule has 1 N–H and O–H groups in total. The maximum absolute atomic E-state index is 5.65. The van der Waals surface area contributed by atoms with E-state index >= 15 is 0 Å². The van der Waals surface area contributed by atoms with Crippen LogP contribution >= 0.6 is 0 Å². The Balaban J connectivity index is 2.19. The van der Waals surface area contributed by atoms with E-state index in [-0.39, 0.29) is 12.1 Å². The Morgan fingerprint density at radius 1 is 1.00 bits per heavy atom. The Morgan fingerprint density at radius 3 is 2.19 bits per heavy atom. The van der Waals surface area contributed by atoms with Gasteiger partial charge >= 0.3 is 0 Å². The van der Waals surface area contributed by atoms with Gasteiger partial charge in [0.1, 0.15) is 5.75 Å². The first-order chi connectivity index (χ1) is 10.1. The molecule has 0 aliphatic heterocycles. The maximum atomic E-state index is 5.65. The largest absolute Gasteiger partial charge is 0.491 e. The molecule has 0 radical (unpaired) electrons. The fraction of sp³-hybridized carbons (Fsp3) is 0.375. The lowest BCUT2D eigenvalue weighted by molar-refractivity contribution is 0.242. The molecular weight excluding hydrogens is 266 g/mol. The van der Waals surface area contributed by atoms with Crippen LogP contribution in [0.5, 0.6) is 11.6 Å². The second-order valence-corrected chi connectivity index (χ2v) is 4.96. The van der Waals surface area contributed by atoms with E-state index < -0.39 is 0 Å². The monoisotopic (exact) mass is 287 g/mol. The number of nitrogens with one attached hydrogen (secondary N) is 1. The maximum Gasteiger partial charge on any atom is 0.233 e. The quantitative estimate of drug-likeness (QED) is 0.885. The van der Waals surface area contributed by atoms with Gasteiger partial charge in [-0.25, -0.2) is 0 Å². The number of nitrogens with zero attached hydrogens (tertiary/aromatic N) is 2. The first-order valence-electron chi connectivity index (χ1n) is 6.95. The first-order valence-corrected chi connectivity index (χ1v) is 6.95. The number of benzene rings is 1. The molecule has 0 amide bonds. The summed E-state index contributed by atoms with van der Waals surface area (Å²) in [6, 6.07) is 11.7. The van der Waals surface area contributed by atoms with E-state index in [0.29, 0.717) is 5.88 Å². The van der Waals surface area contributed by atoms with Crippen molar-refractivity contribution in [3.63, 3.8) is 0 Å². The van der Waals surface area contributed by atoms with Gasteiger partial charge in [-0.15, -0.1) is 10.2 Å². The van der Waals surface area contributed by atoms with Crippen LogP contribution in [0.2, 0.25) is 0 Å². The van der Waals surface area contributed by atoms with E-state index in [1.807, 2.05) is 57.3 Å². The third-order valence-corrected chi connectivity index (χ3v) is 3.04. The van der Waals surface area contributed by atoms with Crippen LogP contribution in [0.15, 0.2) is 36.4 Å². The van der Waals surface area contributed by atoms with Gasteiger partial charge in [0.25, 0.3) is 0 Å². The SMILES string of the molecule is CNC(c1ccc(OC(C)C)cc1)c1ccc(OC)nn1. The smallest absolute Gasteiger partial charge is 0.233 e. The van der Waals surface area contributed by atoms with E-state index in [4.69, 9.17) is 9.47 Å². The minimum absolute atomic E-state index is 0.0171. The molecule has 1 heterocycles. The molecule has 0 bridgehead atoms. The summed E-state index contributed by atoms with van der Waals surface area (Å²) in [4.78, 5) is 0. The van der Waals surface area contributed by atoms with Crippen molar-refractivity contribution in [2.45, 2.75) is 26.0 Å². The van der Waals surface area contributed by atoms with Gasteiger partial charge in [0.05, 0.1) is 24.9 Å². The zero-order chi connectivity index (χ0) is 15.2. The van der Waals surface area contributed by atoms with Crippen molar-refractivity contribution in [3.8, 4) is 11.6 Å². The van der Waals surface area contributed by atoms with Gasteiger partial charge in [0.15, 0.2) is 0 Å². The first kappa shape index (κ1) is 15.3. The van der Waals surface area contributed by atoms with Crippen molar-refractivity contribution in [1.82, 2.24) is 15.5 Å². The van der Waals surface area contributed by atoms with Crippen LogP contribution in [0, 0.1) is 0 Å². The minimum atomic E-state index is -0.0171. The lowest BCUT2D eigenvalue weighted by Crippen LogP contribution is -2.19. The summed E-state index contributed by atoms with van der Waals surface area (Å²) in [6.07, 6.45) is 0.170. The average Bonchev–Trinajstić information content (AvgIpc) is 2.50. The highest BCUT2D eigenvalue weighted by Crippen LogP contribution is 2.23. The molecule has 1 aromatic heterocycles. The fourth-order valence-electron chi connectivity index (χ4n) is 2.09. The molecule has 5 heteroatoms. The molecule has 1 atom stereocenters. The topological polar surface area (TPSA) is 56.3 Å². The van der Waals surface area contributed by atoms with Crippen LogP contribution in [0.25, 0.3) is 0 Å². The van der Waals surface area contributed by atoms with E-state index in [1.54, 1.807) is 7.11 Å². The zero-order valence-corrected chi connectivity index (χ0v) is 12.8. The molecule has 21 heavy (non-hydrogen) atoms. The summed E-state index contributed by atoms with van der Waals surface area (Å²) in [7, 11) is 3.47. The van der Waals surface area contributed by atoms with E-state index in [9.17, 15) is 0 Å². The van der Waals surface area contributed by atoms with E-state index in [2.05, 4.69) is 15.5 Å². The number of rotatable bonds is 6. The summed E-state index contributed by atoms with van der Waals surface area (Å²) < 4.78 is 10.7. The molecule has 2 aromatic rings. The standard InChI is InChI=1S/C16H21N3O2/c1-11(2)21-13-7-5-12(6-8-13)16(17-3)14-9-10-15(20-4)19-18-14/h5-11,16-17H,1-4H3. The lowest BCUT2D eigenvalue weighted by atomic mass is 10.0. The highest BCUT2D eigenvalue weighted by molar-refractivity contribution is 5.33. The van der Waals surface area contributed by atoms with Crippen LogP contribution in [0.4, 0.5) is 0 Å². The van der Waals surface area contributed by atoms with Crippen LogP contribution in [-0.4, -0.2) is 30.5 Å². The number of ether oxygens (including phenoxy) is 2. The third kappa shape index (κ3) is 3.92. The van der Waals surface area contributed by atoms with Crippen LogP contribution in [-0.2, 0) is 0 Å². The van der Waals surface area contributed by atoms with Crippen molar-refractivity contribution in [2.75, 3.05) is 14.2 Å². The lowest BCUT2D eigenvalue weighted by Gasteiger charge is -2.17. The summed E-state index contributed by atoms with van der Waals surface area (Å²) in [5.41, 5.74) is 1.95. The van der Waals surface area contributed by atoms with Crippen LogP contribution < -0.4 is 14.8 Å². The van der Waals surface area contributed by atoms with Crippen molar-refractivity contribution >= 4 is 0 Å². The van der Waals surface area contributed by atoms with Gasteiger partial charge in [-0.3, -0.25) is 0 Å². The van der Waals surface area contributed by atoms with Gasteiger partial charge in [-0.2, -0.15) is 0 Å². The van der Waals surface area contributed by atoms with Gasteiger partial charge in [-0.1, -0.05) is 12.1 Å². The Kier molecular flexibility index (Phi) is 5.11. The number of methoxy groups -OCH3 is 1. The van der Waals surface area contributed by atoms with Gasteiger partial charge < -0.3 is 14.8 Å². The molecule has 0 saturated heterocycles. The van der Waals surface area contributed by atoms with E-state index in [1.165, 1.54) is 0 Å². The van der Waals surface area contributed by atoms with E-state index in [0.717, 1.165) is 17.0 Å². The molecule has 5 nitrogen and oxygen atoms in total. The molecule has 112 valence electrons. The normalized spacial score (nSPS) is 12.2. The summed E-state index contributed by atoms with van der Waals surface area (Å²) >= 11 is 0.